The Morgan fingerprint density at radius 2 is 1.89 bits per heavy atom. The van der Waals surface area contributed by atoms with Crippen LogP contribution in [-0.4, -0.2) is 19.7 Å². The predicted octanol–water partition coefficient (Wildman–Crippen LogP) is 6.89. The van der Waals surface area contributed by atoms with Crippen LogP contribution in [0.3, 0.4) is 0 Å². The minimum Gasteiger partial charge on any atom is -0.306 e. The monoisotopic (exact) mass is 524 g/mol. The standard InChI is InChI=1S/C26H19Cl2FN4OS/c27-16-8-5-15(20(28)11-16)12-33-13-19(23(32-33)14-6-9-17(29)10-7-14)24-30-25(34)22-18-3-1-2-4-21(18)35-26(22)31-24/h5-11,13H,1-4,12H2,(H,30,31,34). The van der Waals surface area contributed by atoms with Crippen molar-refractivity contribution >= 4 is 44.8 Å². The summed E-state index contributed by atoms with van der Waals surface area (Å²) in [5.41, 5.74) is 3.83. The van der Waals surface area contributed by atoms with Crippen LogP contribution in [0.5, 0.6) is 0 Å². The average molecular weight is 525 g/mol. The first-order chi connectivity index (χ1) is 17.0. The lowest BCUT2D eigenvalue weighted by Gasteiger charge is -2.09. The molecule has 0 atom stereocenters. The van der Waals surface area contributed by atoms with Crippen molar-refractivity contribution in [1.29, 1.82) is 0 Å². The Bertz CT molecular complexity index is 1640. The van der Waals surface area contributed by atoms with E-state index in [2.05, 4.69) is 4.98 Å². The third-order valence-electron chi connectivity index (χ3n) is 6.31. The van der Waals surface area contributed by atoms with E-state index < -0.39 is 0 Å². The largest absolute Gasteiger partial charge is 0.306 e. The molecule has 3 aromatic heterocycles. The molecule has 0 bridgehead atoms. The topological polar surface area (TPSA) is 63.6 Å². The second kappa shape index (κ2) is 8.90. The van der Waals surface area contributed by atoms with Gasteiger partial charge in [-0.3, -0.25) is 9.48 Å². The molecule has 35 heavy (non-hydrogen) atoms. The lowest BCUT2D eigenvalue weighted by molar-refractivity contribution is 0.628. The zero-order valence-corrected chi connectivity index (χ0v) is 20.8. The minimum atomic E-state index is -0.334. The number of thiophene rings is 1. The zero-order chi connectivity index (χ0) is 24.1. The van der Waals surface area contributed by atoms with Gasteiger partial charge >= 0.3 is 0 Å². The van der Waals surface area contributed by atoms with Gasteiger partial charge in [-0.05, 0) is 73.2 Å². The highest BCUT2D eigenvalue weighted by molar-refractivity contribution is 7.18. The molecule has 5 nitrogen and oxygen atoms in total. The van der Waals surface area contributed by atoms with E-state index in [4.69, 9.17) is 33.3 Å². The number of rotatable bonds is 4. The smallest absolute Gasteiger partial charge is 0.260 e. The Labute approximate surface area is 214 Å². The molecule has 0 spiro atoms. The second-order valence-electron chi connectivity index (χ2n) is 8.64. The van der Waals surface area contributed by atoms with Gasteiger partial charge in [0.25, 0.3) is 5.56 Å². The molecule has 0 unspecified atom stereocenters. The number of benzene rings is 2. The molecule has 0 radical (unpaired) electrons. The number of H-pyrrole nitrogens is 1. The van der Waals surface area contributed by atoms with Crippen molar-refractivity contribution in [3.05, 3.63) is 90.9 Å². The molecule has 0 saturated carbocycles. The van der Waals surface area contributed by atoms with E-state index >= 15 is 0 Å². The Morgan fingerprint density at radius 1 is 1.09 bits per heavy atom. The van der Waals surface area contributed by atoms with E-state index in [0.29, 0.717) is 39.1 Å². The van der Waals surface area contributed by atoms with Crippen LogP contribution in [0, 0.1) is 5.82 Å². The maximum absolute atomic E-state index is 13.6. The number of hydrogen-bond donors (Lipinski definition) is 1. The number of aromatic amines is 1. The first-order valence-corrected chi connectivity index (χ1v) is 12.9. The summed E-state index contributed by atoms with van der Waals surface area (Å²) in [4.78, 5) is 23.0. The van der Waals surface area contributed by atoms with E-state index in [-0.39, 0.29) is 11.4 Å². The van der Waals surface area contributed by atoms with Crippen LogP contribution >= 0.6 is 34.5 Å². The summed E-state index contributed by atoms with van der Waals surface area (Å²) in [5, 5.41) is 6.56. The molecule has 0 amide bonds. The first kappa shape index (κ1) is 22.5. The number of nitrogens with zero attached hydrogens (tertiary/aromatic N) is 3. The second-order valence-corrected chi connectivity index (χ2v) is 10.6. The summed E-state index contributed by atoms with van der Waals surface area (Å²) in [6.45, 7) is 0.393. The molecular formula is C26H19Cl2FN4OS. The van der Waals surface area contributed by atoms with Crippen molar-refractivity contribution < 1.29 is 4.39 Å². The maximum atomic E-state index is 13.6. The Hall–Kier alpha value is -3.00. The molecule has 1 aliphatic rings. The van der Waals surface area contributed by atoms with Gasteiger partial charge in [0.1, 0.15) is 22.2 Å². The summed E-state index contributed by atoms with van der Waals surface area (Å²) in [6.07, 6.45) is 5.97. The molecule has 2 aromatic carbocycles. The van der Waals surface area contributed by atoms with Gasteiger partial charge in [0.2, 0.25) is 0 Å². The molecule has 176 valence electrons. The fourth-order valence-electron chi connectivity index (χ4n) is 4.61. The van der Waals surface area contributed by atoms with Crippen molar-refractivity contribution in [2.24, 2.45) is 0 Å². The molecule has 1 aliphatic carbocycles. The third kappa shape index (κ3) is 4.18. The van der Waals surface area contributed by atoms with Crippen LogP contribution in [-0.2, 0) is 19.4 Å². The van der Waals surface area contributed by atoms with Crippen molar-refractivity contribution in [3.63, 3.8) is 0 Å². The summed E-state index contributed by atoms with van der Waals surface area (Å²) < 4.78 is 15.4. The van der Waals surface area contributed by atoms with E-state index in [9.17, 15) is 9.18 Å². The molecule has 0 fully saturated rings. The van der Waals surface area contributed by atoms with Gasteiger partial charge in [0.05, 0.1) is 17.5 Å². The highest BCUT2D eigenvalue weighted by atomic mass is 35.5. The molecule has 9 heteroatoms. The van der Waals surface area contributed by atoms with Gasteiger partial charge in [-0.1, -0.05) is 29.3 Å². The highest BCUT2D eigenvalue weighted by Gasteiger charge is 2.22. The number of hydrogen-bond acceptors (Lipinski definition) is 4. The van der Waals surface area contributed by atoms with Crippen molar-refractivity contribution in [2.75, 3.05) is 0 Å². The SMILES string of the molecule is O=c1[nH]c(-c2cn(Cc3ccc(Cl)cc3Cl)nc2-c2ccc(F)cc2)nc2sc3c(c12)CCCC3. The van der Waals surface area contributed by atoms with Crippen molar-refractivity contribution in [3.8, 4) is 22.6 Å². The lowest BCUT2D eigenvalue weighted by atomic mass is 9.97. The quantitative estimate of drug-likeness (QED) is 0.278. The normalized spacial score (nSPS) is 13.3. The van der Waals surface area contributed by atoms with Crippen molar-refractivity contribution in [1.82, 2.24) is 19.7 Å². The fourth-order valence-corrected chi connectivity index (χ4v) is 6.34. The molecule has 0 saturated heterocycles. The highest BCUT2D eigenvalue weighted by Crippen LogP contribution is 2.36. The van der Waals surface area contributed by atoms with Crippen LogP contribution < -0.4 is 5.56 Å². The molecule has 3 heterocycles. The fraction of sp³-hybridized carbons (Fsp3) is 0.192. The molecule has 1 N–H and O–H groups in total. The van der Waals surface area contributed by atoms with E-state index in [0.717, 1.165) is 47.2 Å². The summed E-state index contributed by atoms with van der Waals surface area (Å²) in [5.74, 6) is 0.105. The van der Waals surface area contributed by atoms with Gasteiger partial charge < -0.3 is 4.98 Å². The van der Waals surface area contributed by atoms with Crippen molar-refractivity contribution in [2.45, 2.75) is 32.2 Å². The predicted molar refractivity (Wildman–Crippen MR) is 139 cm³/mol. The summed E-state index contributed by atoms with van der Waals surface area (Å²) in [7, 11) is 0. The molecular weight excluding hydrogens is 506 g/mol. The van der Waals surface area contributed by atoms with Crippen LogP contribution in [0.2, 0.25) is 10.0 Å². The summed E-state index contributed by atoms with van der Waals surface area (Å²) >= 11 is 14.0. The molecule has 5 aromatic rings. The Balaban J connectivity index is 1.50. The number of fused-ring (bicyclic) bond motifs is 3. The van der Waals surface area contributed by atoms with Crippen LogP contribution in [0.1, 0.15) is 28.8 Å². The number of aryl methyl sites for hydroxylation is 2. The van der Waals surface area contributed by atoms with E-state index in [1.807, 2.05) is 12.3 Å². The third-order valence-corrected chi connectivity index (χ3v) is 8.08. The molecule has 6 rings (SSSR count). The van der Waals surface area contributed by atoms with Crippen LogP contribution in [0.15, 0.2) is 53.5 Å². The van der Waals surface area contributed by atoms with E-state index in [1.165, 1.54) is 17.0 Å². The van der Waals surface area contributed by atoms with Gasteiger partial charge in [0, 0.05) is 26.7 Å². The minimum absolute atomic E-state index is 0.136. The van der Waals surface area contributed by atoms with Gasteiger partial charge in [-0.25, -0.2) is 9.37 Å². The van der Waals surface area contributed by atoms with Gasteiger partial charge in [-0.15, -0.1) is 11.3 Å². The lowest BCUT2D eigenvalue weighted by Crippen LogP contribution is -2.11. The van der Waals surface area contributed by atoms with Gasteiger partial charge in [0.15, 0.2) is 0 Å². The van der Waals surface area contributed by atoms with Crippen LogP contribution in [0.25, 0.3) is 32.9 Å². The van der Waals surface area contributed by atoms with E-state index in [1.54, 1.807) is 40.3 Å². The number of nitrogens with one attached hydrogen (secondary N) is 1. The van der Waals surface area contributed by atoms with Gasteiger partial charge in [-0.2, -0.15) is 5.10 Å². The van der Waals surface area contributed by atoms with Crippen LogP contribution in [0.4, 0.5) is 4.39 Å². The Morgan fingerprint density at radius 3 is 2.69 bits per heavy atom. The number of halogens is 3. The average Bonchev–Trinajstić information content (AvgIpc) is 3.43. The Kier molecular flexibility index (Phi) is 5.71. The zero-order valence-electron chi connectivity index (χ0n) is 18.4. The number of aromatic nitrogens is 4. The molecule has 0 aliphatic heterocycles. The maximum Gasteiger partial charge on any atom is 0.260 e. The summed E-state index contributed by atoms with van der Waals surface area (Å²) in [6, 6.07) is 11.4. The first-order valence-electron chi connectivity index (χ1n) is 11.3.